The molecule has 3 atom stereocenters. The van der Waals surface area contributed by atoms with Gasteiger partial charge in [-0.05, 0) is 68.4 Å². The summed E-state index contributed by atoms with van der Waals surface area (Å²) in [7, 11) is 1.40. The van der Waals surface area contributed by atoms with Crippen LogP contribution < -0.4 is 0 Å². The highest BCUT2D eigenvalue weighted by Gasteiger charge is 2.53. The van der Waals surface area contributed by atoms with E-state index in [4.69, 9.17) is 9.47 Å². The fourth-order valence-corrected chi connectivity index (χ4v) is 4.86. The van der Waals surface area contributed by atoms with E-state index in [-0.39, 0.29) is 24.0 Å². The largest absolute Gasteiger partial charge is 0.453 e. The number of ether oxygens (including phenoxy) is 2. The fraction of sp³-hybridized carbons (Fsp3) is 0.385. The van der Waals surface area contributed by atoms with Gasteiger partial charge >= 0.3 is 12.1 Å². The second-order valence-electron chi connectivity index (χ2n) is 8.28. The summed E-state index contributed by atoms with van der Waals surface area (Å²) in [5.74, 6) is 6.19. The number of hydrogen-bond acceptors (Lipinski definition) is 4. The van der Waals surface area contributed by atoms with Crippen LogP contribution in [0, 0.1) is 24.7 Å². The van der Waals surface area contributed by atoms with Crippen molar-refractivity contribution in [1.82, 2.24) is 4.90 Å². The second-order valence-corrected chi connectivity index (χ2v) is 8.28. The van der Waals surface area contributed by atoms with Crippen molar-refractivity contribution in [2.24, 2.45) is 5.92 Å². The Balaban J connectivity index is 1.71. The monoisotopic (exact) mass is 417 g/mol. The predicted octanol–water partition coefficient (Wildman–Crippen LogP) is 4.58. The molecule has 2 fully saturated rings. The zero-order chi connectivity index (χ0) is 21.8. The summed E-state index contributed by atoms with van der Waals surface area (Å²) in [5.41, 5.74) is 1.58. The Morgan fingerprint density at radius 2 is 1.90 bits per heavy atom. The topological polar surface area (TPSA) is 55.8 Å². The zero-order valence-electron chi connectivity index (χ0n) is 18.0. The summed E-state index contributed by atoms with van der Waals surface area (Å²) in [6.07, 6.45) is 2.73. The van der Waals surface area contributed by atoms with E-state index in [9.17, 15) is 9.59 Å². The Bertz CT molecular complexity index is 1020. The smallest absolute Gasteiger partial charge is 0.409 e. The van der Waals surface area contributed by atoms with Crippen LogP contribution in [0.4, 0.5) is 4.79 Å². The highest BCUT2D eigenvalue weighted by Crippen LogP contribution is 2.45. The van der Waals surface area contributed by atoms with Gasteiger partial charge in [-0.2, -0.15) is 0 Å². The van der Waals surface area contributed by atoms with E-state index in [1.807, 2.05) is 49.4 Å². The third kappa shape index (κ3) is 4.29. The second kappa shape index (κ2) is 8.85. The molecule has 0 unspecified atom stereocenters. The normalized spacial score (nSPS) is 24.5. The molecule has 5 nitrogen and oxygen atoms in total. The van der Waals surface area contributed by atoms with Crippen molar-refractivity contribution in [3.8, 4) is 11.8 Å². The fourth-order valence-electron chi connectivity index (χ4n) is 4.86. The maximum absolute atomic E-state index is 13.0. The lowest BCUT2D eigenvalue weighted by atomic mass is 9.72. The average Bonchev–Trinajstić information content (AvgIpc) is 3.23. The van der Waals surface area contributed by atoms with Crippen LogP contribution in [0.3, 0.4) is 0 Å². The first-order valence-electron chi connectivity index (χ1n) is 10.8. The minimum absolute atomic E-state index is 0.0448. The number of carbonyl (C=O) groups is 2. The van der Waals surface area contributed by atoms with Crippen molar-refractivity contribution in [2.75, 3.05) is 13.7 Å². The van der Waals surface area contributed by atoms with Gasteiger partial charge in [-0.1, -0.05) is 36.3 Å². The third-order valence-electron chi connectivity index (χ3n) is 6.32. The molecule has 1 saturated heterocycles. The van der Waals surface area contributed by atoms with Crippen LogP contribution >= 0.6 is 0 Å². The van der Waals surface area contributed by atoms with Gasteiger partial charge in [0.1, 0.15) is 0 Å². The molecule has 4 rings (SSSR count). The summed E-state index contributed by atoms with van der Waals surface area (Å²) >= 11 is 0. The molecule has 0 radical (unpaired) electrons. The van der Waals surface area contributed by atoms with Crippen molar-refractivity contribution < 1.29 is 19.1 Å². The van der Waals surface area contributed by atoms with Gasteiger partial charge in [0.05, 0.1) is 12.7 Å². The van der Waals surface area contributed by atoms with E-state index >= 15 is 0 Å². The molecule has 0 aromatic heterocycles. The molecule has 0 bridgehead atoms. The molecule has 2 aromatic rings. The van der Waals surface area contributed by atoms with E-state index in [2.05, 4.69) is 11.8 Å². The molecule has 2 aromatic carbocycles. The van der Waals surface area contributed by atoms with E-state index < -0.39 is 5.60 Å². The molecule has 1 aliphatic carbocycles. The maximum Gasteiger partial charge on any atom is 0.409 e. The highest BCUT2D eigenvalue weighted by atomic mass is 16.6. The van der Waals surface area contributed by atoms with E-state index in [0.717, 1.165) is 30.4 Å². The number of nitrogens with zero attached hydrogens (tertiary/aromatic N) is 1. The van der Waals surface area contributed by atoms with Crippen molar-refractivity contribution in [2.45, 2.75) is 44.2 Å². The molecule has 1 heterocycles. The number of benzene rings is 2. The number of aryl methyl sites for hydroxylation is 1. The third-order valence-corrected chi connectivity index (χ3v) is 6.32. The molecule has 31 heavy (non-hydrogen) atoms. The van der Waals surface area contributed by atoms with Gasteiger partial charge in [0, 0.05) is 24.1 Å². The Kier molecular flexibility index (Phi) is 5.99. The zero-order valence-corrected chi connectivity index (χ0v) is 18.0. The molecule has 2 aliphatic rings. The standard InChI is InChI=1S/C26H27NO4/c1-19-8-6-9-20(18-19)13-16-26(31-24(28)21-10-4-3-5-11-21)15-7-12-23-22(26)14-17-27(23)25(29)30-2/h3-6,8-11,18,22-23H,7,12,14-15,17H2,1-2H3/t22-,23-,26-/m1/s1. The number of hydrogen-bond donors (Lipinski definition) is 0. The van der Waals surface area contributed by atoms with Gasteiger partial charge in [0.2, 0.25) is 0 Å². The van der Waals surface area contributed by atoms with Gasteiger partial charge in [0.15, 0.2) is 5.60 Å². The van der Waals surface area contributed by atoms with Gasteiger partial charge in [0.25, 0.3) is 0 Å². The van der Waals surface area contributed by atoms with Crippen molar-refractivity contribution in [3.05, 3.63) is 71.3 Å². The van der Waals surface area contributed by atoms with Crippen molar-refractivity contribution >= 4 is 12.1 Å². The molecule has 1 saturated carbocycles. The van der Waals surface area contributed by atoms with Crippen LogP contribution in [0.1, 0.15) is 47.2 Å². The number of rotatable bonds is 2. The SMILES string of the molecule is COC(=O)N1CC[C@@H]2[C@H]1CCC[C@]2(C#Cc1cccc(C)c1)OC(=O)c1ccccc1. The summed E-state index contributed by atoms with van der Waals surface area (Å²) in [4.78, 5) is 27.1. The lowest BCUT2D eigenvalue weighted by Gasteiger charge is -2.42. The molecule has 0 spiro atoms. The highest BCUT2D eigenvalue weighted by molar-refractivity contribution is 5.89. The van der Waals surface area contributed by atoms with Crippen LogP contribution in [0.5, 0.6) is 0 Å². The van der Waals surface area contributed by atoms with Crippen LogP contribution in [-0.2, 0) is 9.47 Å². The quantitative estimate of drug-likeness (QED) is 0.530. The van der Waals surface area contributed by atoms with Gasteiger partial charge in [-0.25, -0.2) is 9.59 Å². The Hall–Kier alpha value is -3.26. The van der Waals surface area contributed by atoms with Crippen LogP contribution in [-0.4, -0.2) is 42.3 Å². The van der Waals surface area contributed by atoms with Gasteiger partial charge in [-0.3, -0.25) is 0 Å². The minimum atomic E-state index is -0.942. The maximum atomic E-state index is 13.0. The molecule has 1 amide bonds. The molecule has 1 aliphatic heterocycles. The van der Waals surface area contributed by atoms with E-state index in [0.29, 0.717) is 18.5 Å². The van der Waals surface area contributed by atoms with Crippen molar-refractivity contribution in [1.29, 1.82) is 0 Å². The van der Waals surface area contributed by atoms with Crippen LogP contribution in [0.15, 0.2) is 54.6 Å². The van der Waals surface area contributed by atoms with Gasteiger partial charge < -0.3 is 14.4 Å². The number of carbonyl (C=O) groups excluding carboxylic acids is 2. The van der Waals surface area contributed by atoms with E-state index in [1.165, 1.54) is 7.11 Å². The molecule has 0 N–H and O–H groups in total. The molecule has 160 valence electrons. The molecular formula is C26H27NO4. The molecule has 5 heteroatoms. The van der Waals surface area contributed by atoms with Crippen LogP contribution in [0.2, 0.25) is 0 Å². The lowest BCUT2D eigenvalue weighted by molar-refractivity contribution is -0.0445. The summed E-state index contributed by atoms with van der Waals surface area (Å²) < 4.78 is 11.2. The first kappa shape index (κ1) is 21.0. The molecular weight excluding hydrogens is 390 g/mol. The number of esters is 1. The minimum Gasteiger partial charge on any atom is -0.453 e. The summed E-state index contributed by atoms with van der Waals surface area (Å²) in [6, 6.07) is 16.9. The van der Waals surface area contributed by atoms with E-state index in [1.54, 1.807) is 17.0 Å². The average molecular weight is 418 g/mol. The first-order chi connectivity index (χ1) is 15.0. The van der Waals surface area contributed by atoms with Crippen LogP contribution in [0.25, 0.3) is 0 Å². The number of methoxy groups -OCH3 is 1. The first-order valence-corrected chi connectivity index (χ1v) is 10.8. The Morgan fingerprint density at radius 3 is 2.65 bits per heavy atom. The number of fused-ring (bicyclic) bond motifs is 1. The predicted molar refractivity (Wildman–Crippen MR) is 118 cm³/mol. The summed E-state index contributed by atoms with van der Waals surface area (Å²) in [5, 5.41) is 0. The number of likely N-dealkylation sites (tertiary alicyclic amines) is 1. The lowest BCUT2D eigenvalue weighted by Crippen LogP contribution is -2.51. The van der Waals surface area contributed by atoms with Gasteiger partial charge in [-0.15, -0.1) is 0 Å². The van der Waals surface area contributed by atoms with Crippen molar-refractivity contribution in [3.63, 3.8) is 0 Å². The Labute approximate surface area is 183 Å². The Morgan fingerprint density at radius 1 is 1.10 bits per heavy atom. The summed E-state index contributed by atoms with van der Waals surface area (Å²) in [6.45, 7) is 2.61. The number of amides is 1.